The van der Waals surface area contributed by atoms with Crippen LogP contribution in [0.3, 0.4) is 0 Å². The van der Waals surface area contributed by atoms with Crippen LogP contribution in [0.15, 0.2) is 46.9 Å². The highest BCUT2D eigenvalue weighted by Gasteiger charge is 2.06. The van der Waals surface area contributed by atoms with Crippen LogP contribution >= 0.6 is 15.9 Å². The molecule has 0 aliphatic carbocycles. The standard InChI is InChI=1S/C13H9BrFNO2/c14-9-2-1-3-11(6-9)18-13-5-4-10(16-8-17)7-12(13)15/h1-8H,(H,16,17). The molecule has 0 fully saturated rings. The van der Waals surface area contributed by atoms with Gasteiger partial charge >= 0.3 is 0 Å². The van der Waals surface area contributed by atoms with Gasteiger partial charge in [-0.1, -0.05) is 22.0 Å². The molecular weight excluding hydrogens is 301 g/mol. The van der Waals surface area contributed by atoms with Crippen LogP contribution in [0.5, 0.6) is 11.5 Å². The van der Waals surface area contributed by atoms with E-state index in [1.807, 2.05) is 6.07 Å². The molecule has 0 spiro atoms. The number of halogens is 2. The summed E-state index contributed by atoms with van der Waals surface area (Å²) in [6.45, 7) is 0. The molecule has 92 valence electrons. The Labute approximate surface area is 112 Å². The summed E-state index contributed by atoms with van der Waals surface area (Å²) in [6.07, 6.45) is 0.490. The van der Waals surface area contributed by atoms with E-state index >= 15 is 0 Å². The average molecular weight is 310 g/mol. The quantitative estimate of drug-likeness (QED) is 0.868. The van der Waals surface area contributed by atoms with E-state index in [2.05, 4.69) is 21.2 Å². The Bertz CT molecular complexity index is 575. The summed E-state index contributed by atoms with van der Waals surface area (Å²) in [7, 11) is 0. The molecule has 0 unspecified atom stereocenters. The molecule has 0 aliphatic heterocycles. The second kappa shape index (κ2) is 5.64. The van der Waals surface area contributed by atoms with Crippen molar-refractivity contribution in [2.75, 3.05) is 5.32 Å². The molecule has 5 heteroatoms. The minimum absolute atomic E-state index is 0.101. The number of carbonyl (C=O) groups is 1. The summed E-state index contributed by atoms with van der Waals surface area (Å²) in [5, 5.41) is 2.36. The van der Waals surface area contributed by atoms with E-state index < -0.39 is 5.82 Å². The van der Waals surface area contributed by atoms with E-state index in [0.717, 1.165) is 4.47 Å². The number of ether oxygens (including phenoxy) is 1. The molecule has 0 atom stereocenters. The fourth-order valence-electron chi connectivity index (χ4n) is 1.40. The molecule has 18 heavy (non-hydrogen) atoms. The van der Waals surface area contributed by atoms with Gasteiger partial charge in [0.25, 0.3) is 0 Å². The highest BCUT2D eigenvalue weighted by molar-refractivity contribution is 9.10. The first-order chi connectivity index (χ1) is 8.69. The smallest absolute Gasteiger partial charge is 0.211 e. The zero-order valence-corrected chi connectivity index (χ0v) is 10.8. The largest absolute Gasteiger partial charge is 0.454 e. The van der Waals surface area contributed by atoms with E-state index in [4.69, 9.17) is 4.74 Å². The average Bonchev–Trinajstić information content (AvgIpc) is 2.33. The lowest BCUT2D eigenvalue weighted by molar-refractivity contribution is -0.105. The minimum Gasteiger partial charge on any atom is -0.454 e. The van der Waals surface area contributed by atoms with Crippen LogP contribution in [0.2, 0.25) is 0 Å². The lowest BCUT2D eigenvalue weighted by atomic mass is 10.3. The van der Waals surface area contributed by atoms with Crippen molar-refractivity contribution in [3.05, 3.63) is 52.8 Å². The summed E-state index contributed by atoms with van der Waals surface area (Å²) in [5.41, 5.74) is 0.379. The van der Waals surface area contributed by atoms with Crippen molar-refractivity contribution in [3.63, 3.8) is 0 Å². The Morgan fingerprint density at radius 1 is 1.22 bits per heavy atom. The van der Waals surface area contributed by atoms with Gasteiger partial charge in [0.15, 0.2) is 11.6 Å². The third-order valence-corrected chi connectivity index (χ3v) is 2.67. The van der Waals surface area contributed by atoms with Gasteiger partial charge in [-0.3, -0.25) is 4.79 Å². The van der Waals surface area contributed by atoms with E-state index in [9.17, 15) is 9.18 Å². The summed E-state index contributed by atoms with van der Waals surface area (Å²) >= 11 is 3.30. The number of benzene rings is 2. The number of hydrogen-bond donors (Lipinski definition) is 1. The van der Waals surface area contributed by atoms with Gasteiger partial charge in [0, 0.05) is 16.2 Å². The van der Waals surface area contributed by atoms with Gasteiger partial charge in [-0.2, -0.15) is 0 Å². The number of nitrogens with one attached hydrogen (secondary N) is 1. The third kappa shape index (κ3) is 3.07. The molecule has 3 nitrogen and oxygen atoms in total. The minimum atomic E-state index is -0.540. The van der Waals surface area contributed by atoms with Gasteiger partial charge in [0.05, 0.1) is 0 Å². The molecule has 2 aromatic rings. The summed E-state index contributed by atoms with van der Waals surface area (Å²) < 4.78 is 19.9. The van der Waals surface area contributed by atoms with Crippen LogP contribution in [0.1, 0.15) is 0 Å². The Hall–Kier alpha value is -1.88. The van der Waals surface area contributed by atoms with Crippen molar-refractivity contribution in [2.24, 2.45) is 0 Å². The van der Waals surface area contributed by atoms with E-state index in [0.29, 0.717) is 17.8 Å². The lowest BCUT2D eigenvalue weighted by Gasteiger charge is -2.08. The maximum absolute atomic E-state index is 13.7. The topological polar surface area (TPSA) is 38.3 Å². The molecule has 0 saturated heterocycles. The predicted molar refractivity (Wildman–Crippen MR) is 70.3 cm³/mol. The first-order valence-electron chi connectivity index (χ1n) is 5.12. The van der Waals surface area contributed by atoms with Crippen molar-refractivity contribution in [1.29, 1.82) is 0 Å². The van der Waals surface area contributed by atoms with Crippen molar-refractivity contribution >= 4 is 28.0 Å². The number of rotatable bonds is 4. The van der Waals surface area contributed by atoms with E-state index in [1.54, 1.807) is 24.3 Å². The van der Waals surface area contributed by atoms with Crippen LogP contribution in [-0.4, -0.2) is 6.41 Å². The number of amides is 1. The Kier molecular flexibility index (Phi) is 3.94. The number of anilines is 1. The zero-order valence-electron chi connectivity index (χ0n) is 9.19. The van der Waals surface area contributed by atoms with Crippen molar-refractivity contribution in [1.82, 2.24) is 0 Å². The predicted octanol–water partition coefficient (Wildman–Crippen LogP) is 3.95. The van der Waals surface area contributed by atoms with Gasteiger partial charge in [-0.05, 0) is 30.3 Å². The van der Waals surface area contributed by atoms with Crippen molar-refractivity contribution < 1.29 is 13.9 Å². The Balaban J connectivity index is 2.21. The van der Waals surface area contributed by atoms with Gasteiger partial charge in [-0.15, -0.1) is 0 Å². The van der Waals surface area contributed by atoms with Gasteiger partial charge in [0.2, 0.25) is 6.41 Å². The Morgan fingerprint density at radius 3 is 2.72 bits per heavy atom. The second-order valence-corrected chi connectivity index (χ2v) is 4.38. The van der Waals surface area contributed by atoms with E-state index in [1.165, 1.54) is 12.1 Å². The van der Waals surface area contributed by atoms with E-state index in [-0.39, 0.29) is 5.75 Å². The fraction of sp³-hybridized carbons (Fsp3) is 0. The number of carbonyl (C=O) groups excluding carboxylic acids is 1. The SMILES string of the molecule is O=CNc1ccc(Oc2cccc(Br)c2)c(F)c1. The lowest BCUT2D eigenvalue weighted by Crippen LogP contribution is -1.95. The first-order valence-corrected chi connectivity index (χ1v) is 5.91. The zero-order chi connectivity index (χ0) is 13.0. The second-order valence-electron chi connectivity index (χ2n) is 3.47. The molecule has 2 aromatic carbocycles. The van der Waals surface area contributed by atoms with Crippen molar-refractivity contribution in [3.8, 4) is 11.5 Å². The highest BCUT2D eigenvalue weighted by atomic mass is 79.9. The Morgan fingerprint density at radius 2 is 2.06 bits per heavy atom. The summed E-state index contributed by atoms with van der Waals surface area (Å²) in [6, 6.07) is 11.3. The first kappa shape index (κ1) is 12.6. The van der Waals surface area contributed by atoms with Gasteiger partial charge in [0.1, 0.15) is 5.75 Å². The number of hydrogen-bond acceptors (Lipinski definition) is 2. The molecule has 0 saturated carbocycles. The maximum Gasteiger partial charge on any atom is 0.211 e. The highest BCUT2D eigenvalue weighted by Crippen LogP contribution is 2.28. The molecule has 0 aromatic heterocycles. The fourth-order valence-corrected chi connectivity index (χ4v) is 1.78. The van der Waals surface area contributed by atoms with Crippen LogP contribution in [0.4, 0.5) is 10.1 Å². The molecule has 0 bridgehead atoms. The normalized spacial score (nSPS) is 9.89. The van der Waals surface area contributed by atoms with Crippen LogP contribution in [0.25, 0.3) is 0 Å². The van der Waals surface area contributed by atoms with Gasteiger partial charge in [-0.25, -0.2) is 4.39 Å². The maximum atomic E-state index is 13.7. The van der Waals surface area contributed by atoms with Gasteiger partial charge < -0.3 is 10.1 Å². The molecule has 0 heterocycles. The summed E-state index contributed by atoms with van der Waals surface area (Å²) in [4.78, 5) is 10.2. The molecule has 0 radical (unpaired) electrons. The van der Waals surface area contributed by atoms with Crippen LogP contribution < -0.4 is 10.1 Å². The van der Waals surface area contributed by atoms with Crippen LogP contribution in [-0.2, 0) is 4.79 Å². The third-order valence-electron chi connectivity index (χ3n) is 2.18. The summed E-state index contributed by atoms with van der Waals surface area (Å²) in [5.74, 6) is 0.0887. The van der Waals surface area contributed by atoms with Crippen LogP contribution in [0, 0.1) is 5.82 Å². The molecule has 1 amide bonds. The molecular formula is C13H9BrFNO2. The molecule has 2 rings (SSSR count). The molecule has 0 aliphatic rings. The monoisotopic (exact) mass is 309 g/mol. The van der Waals surface area contributed by atoms with Crippen molar-refractivity contribution in [2.45, 2.75) is 0 Å². The molecule has 1 N–H and O–H groups in total.